The quantitative estimate of drug-likeness (QED) is 0.540. The molecule has 9 nitrogen and oxygen atoms in total. The van der Waals surface area contributed by atoms with Crippen LogP contribution < -0.4 is 0 Å². The van der Waals surface area contributed by atoms with Crippen LogP contribution in [0.5, 0.6) is 0 Å². The predicted molar refractivity (Wildman–Crippen MR) is 74.6 cm³/mol. The molecule has 2 aromatic rings. The van der Waals surface area contributed by atoms with Crippen LogP contribution in [0, 0.1) is 30.3 Å². The molecule has 1 aliphatic rings. The summed E-state index contributed by atoms with van der Waals surface area (Å²) >= 11 is 0. The lowest BCUT2D eigenvalue weighted by atomic mass is 10.0. The normalized spacial score (nSPS) is 11.6. The number of hydrogen-bond acceptors (Lipinski definition) is 6. The van der Waals surface area contributed by atoms with Crippen molar-refractivity contribution < 1.29 is 14.8 Å². The second-order valence-electron chi connectivity index (χ2n) is 4.72. The maximum absolute atomic E-state index is 11.3. The van der Waals surface area contributed by atoms with E-state index in [-0.39, 0.29) is 12.0 Å². The van der Waals surface area contributed by atoms with Crippen molar-refractivity contribution in [3.8, 4) is 11.1 Å². The van der Waals surface area contributed by atoms with Gasteiger partial charge in [-0.15, -0.1) is 0 Å². The van der Waals surface area contributed by atoms with Gasteiger partial charge in [-0.05, 0) is 16.7 Å². The Morgan fingerprint density at radius 3 is 2.05 bits per heavy atom. The first kappa shape index (κ1) is 13.6. The highest BCUT2D eigenvalue weighted by atomic mass is 16.6. The summed E-state index contributed by atoms with van der Waals surface area (Å²) < 4.78 is 0. The van der Waals surface area contributed by atoms with Crippen molar-refractivity contribution in [2.24, 2.45) is 0 Å². The zero-order chi connectivity index (χ0) is 16.0. The molecule has 0 aromatic heterocycles. The molecule has 1 aliphatic carbocycles. The van der Waals surface area contributed by atoms with Crippen LogP contribution in [0.15, 0.2) is 30.3 Å². The van der Waals surface area contributed by atoms with E-state index in [9.17, 15) is 30.3 Å². The minimum absolute atomic E-state index is 0.140. The van der Waals surface area contributed by atoms with Gasteiger partial charge in [0.25, 0.3) is 0 Å². The molecule has 2 aromatic carbocycles. The summed E-state index contributed by atoms with van der Waals surface area (Å²) in [5.41, 5.74) is -0.920. The SMILES string of the molecule is O=[N+]([O-])c1cc2c(c([N+](=O)[O-])c1[N+](=O)[O-])Cc1ccccc1-2. The average Bonchev–Trinajstić information content (AvgIpc) is 2.82. The molecule has 22 heavy (non-hydrogen) atoms. The Kier molecular flexibility index (Phi) is 2.84. The highest BCUT2D eigenvalue weighted by molar-refractivity contribution is 5.87. The van der Waals surface area contributed by atoms with Gasteiger partial charge >= 0.3 is 17.1 Å². The first-order chi connectivity index (χ1) is 10.4. The van der Waals surface area contributed by atoms with E-state index in [1.54, 1.807) is 24.3 Å². The third-order valence-corrected chi connectivity index (χ3v) is 3.60. The number of hydrogen-bond donors (Lipinski definition) is 0. The molecule has 0 aliphatic heterocycles. The third-order valence-electron chi connectivity index (χ3n) is 3.60. The predicted octanol–water partition coefficient (Wildman–Crippen LogP) is 2.98. The van der Waals surface area contributed by atoms with Crippen LogP contribution in [-0.4, -0.2) is 14.8 Å². The van der Waals surface area contributed by atoms with Crippen LogP contribution in [-0.2, 0) is 6.42 Å². The van der Waals surface area contributed by atoms with E-state index < -0.39 is 31.8 Å². The average molecular weight is 301 g/mol. The first-order valence-corrected chi connectivity index (χ1v) is 6.13. The Labute approximate surface area is 122 Å². The fourth-order valence-corrected chi connectivity index (χ4v) is 2.75. The van der Waals surface area contributed by atoms with Crippen LogP contribution in [0.3, 0.4) is 0 Å². The number of fused-ring (bicyclic) bond motifs is 3. The summed E-state index contributed by atoms with van der Waals surface area (Å²) in [5, 5.41) is 33.5. The van der Waals surface area contributed by atoms with Gasteiger partial charge in [-0.2, -0.15) is 0 Å². The lowest BCUT2D eigenvalue weighted by Crippen LogP contribution is -2.04. The zero-order valence-corrected chi connectivity index (χ0v) is 10.9. The second-order valence-corrected chi connectivity index (χ2v) is 4.72. The molecule has 0 spiro atoms. The molecule has 9 heteroatoms. The van der Waals surface area contributed by atoms with Gasteiger partial charge in [0.05, 0.1) is 20.3 Å². The molecule has 110 valence electrons. The molecule has 0 heterocycles. The van der Waals surface area contributed by atoms with Crippen LogP contribution >= 0.6 is 0 Å². The van der Waals surface area contributed by atoms with Crippen LogP contribution in [0.1, 0.15) is 11.1 Å². The van der Waals surface area contributed by atoms with E-state index in [1.165, 1.54) is 0 Å². The van der Waals surface area contributed by atoms with E-state index in [2.05, 4.69) is 0 Å². The summed E-state index contributed by atoms with van der Waals surface area (Å²) in [6.07, 6.45) is 0.140. The van der Waals surface area contributed by atoms with Gasteiger partial charge in [-0.1, -0.05) is 24.3 Å². The van der Waals surface area contributed by atoms with Gasteiger partial charge in [0.1, 0.15) is 0 Å². The molecule has 0 amide bonds. The minimum Gasteiger partial charge on any atom is -0.258 e. The van der Waals surface area contributed by atoms with Gasteiger partial charge in [-0.3, -0.25) is 30.3 Å². The molecule has 0 radical (unpaired) electrons. The van der Waals surface area contributed by atoms with E-state index in [0.29, 0.717) is 11.1 Å². The van der Waals surface area contributed by atoms with Gasteiger partial charge in [-0.25, -0.2) is 0 Å². The van der Waals surface area contributed by atoms with Crippen molar-refractivity contribution in [3.05, 3.63) is 71.8 Å². The highest BCUT2D eigenvalue weighted by Crippen LogP contribution is 2.49. The molecular weight excluding hydrogens is 294 g/mol. The summed E-state index contributed by atoms with van der Waals surface area (Å²) in [5.74, 6) is 0. The Balaban J connectivity index is 2.44. The Hall–Kier alpha value is -3.36. The summed E-state index contributed by atoms with van der Waals surface area (Å²) in [4.78, 5) is 30.5. The van der Waals surface area contributed by atoms with Gasteiger partial charge in [0.2, 0.25) is 0 Å². The largest absolute Gasteiger partial charge is 0.422 e. The lowest BCUT2D eigenvalue weighted by molar-refractivity contribution is -0.441. The molecule has 3 rings (SSSR count). The van der Waals surface area contributed by atoms with Gasteiger partial charge in [0, 0.05) is 12.5 Å². The Morgan fingerprint density at radius 1 is 0.818 bits per heavy atom. The van der Waals surface area contributed by atoms with Crippen molar-refractivity contribution >= 4 is 17.1 Å². The van der Waals surface area contributed by atoms with E-state index >= 15 is 0 Å². The van der Waals surface area contributed by atoms with Crippen LogP contribution in [0.25, 0.3) is 11.1 Å². The highest BCUT2D eigenvalue weighted by Gasteiger charge is 2.42. The smallest absolute Gasteiger partial charge is 0.258 e. The van der Waals surface area contributed by atoms with Crippen LogP contribution in [0.2, 0.25) is 0 Å². The third kappa shape index (κ3) is 1.79. The number of nitro benzene ring substituents is 3. The molecular formula is C13H7N3O6. The summed E-state index contributed by atoms with van der Waals surface area (Å²) in [6, 6.07) is 7.90. The molecule has 0 fully saturated rings. The van der Waals surface area contributed by atoms with E-state index in [4.69, 9.17) is 0 Å². The Bertz CT molecular complexity index is 861. The molecule has 0 saturated carbocycles. The van der Waals surface area contributed by atoms with Crippen LogP contribution in [0.4, 0.5) is 17.1 Å². The molecule has 0 N–H and O–H groups in total. The van der Waals surface area contributed by atoms with Gasteiger partial charge < -0.3 is 0 Å². The van der Waals surface area contributed by atoms with E-state index in [0.717, 1.165) is 11.6 Å². The van der Waals surface area contributed by atoms with Crippen molar-refractivity contribution in [3.63, 3.8) is 0 Å². The lowest BCUT2D eigenvalue weighted by Gasteiger charge is -2.03. The van der Waals surface area contributed by atoms with E-state index in [1.807, 2.05) is 0 Å². The maximum atomic E-state index is 11.3. The minimum atomic E-state index is -1.07. The topological polar surface area (TPSA) is 129 Å². The number of rotatable bonds is 3. The molecule has 0 bridgehead atoms. The zero-order valence-electron chi connectivity index (χ0n) is 10.9. The van der Waals surface area contributed by atoms with Crippen molar-refractivity contribution in [1.29, 1.82) is 0 Å². The fraction of sp³-hybridized carbons (Fsp3) is 0.0769. The molecule has 0 unspecified atom stereocenters. The van der Waals surface area contributed by atoms with Crippen molar-refractivity contribution in [2.75, 3.05) is 0 Å². The number of benzene rings is 2. The van der Waals surface area contributed by atoms with Crippen molar-refractivity contribution in [1.82, 2.24) is 0 Å². The molecule has 0 saturated heterocycles. The van der Waals surface area contributed by atoms with Crippen molar-refractivity contribution in [2.45, 2.75) is 6.42 Å². The number of nitro groups is 3. The Morgan fingerprint density at radius 2 is 1.45 bits per heavy atom. The second kappa shape index (κ2) is 4.58. The number of nitrogens with zero attached hydrogens (tertiary/aromatic N) is 3. The summed E-state index contributed by atoms with van der Waals surface area (Å²) in [6.45, 7) is 0. The standard InChI is InChI=1S/C13H7N3O6/c17-14(18)11-6-9-8-4-2-1-3-7(8)5-10(9)12(15(19)20)13(11)16(21)22/h1-4,6H,5H2. The summed E-state index contributed by atoms with van der Waals surface area (Å²) in [7, 11) is 0. The monoisotopic (exact) mass is 301 g/mol. The fourth-order valence-electron chi connectivity index (χ4n) is 2.75. The maximum Gasteiger partial charge on any atom is 0.422 e. The van der Waals surface area contributed by atoms with Gasteiger partial charge in [0.15, 0.2) is 0 Å². The first-order valence-electron chi connectivity index (χ1n) is 6.13. The molecule has 0 atom stereocenters.